The van der Waals surface area contributed by atoms with Crippen LogP contribution in [0.4, 0.5) is 0 Å². The van der Waals surface area contributed by atoms with E-state index in [0.717, 1.165) is 24.1 Å². The van der Waals surface area contributed by atoms with E-state index in [2.05, 4.69) is 60.5 Å². The molecule has 6 heteroatoms. The molecule has 25 heavy (non-hydrogen) atoms. The summed E-state index contributed by atoms with van der Waals surface area (Å²) in [6, 6.07) is 8.66. The molecule has 4 nitrogen and oxygen atoms in total. The SMILES string of the molecule is CN=C(NCC1CCCN(C)C1c1cccc(Cl)c1)NC(C)(C)C.I. The zero-order valence-corrected chi connectivity index (χ0v) is 19.1. The van der Waals surface area contributed by atoms with Gasteiger partial charge in [0.25, 0.3) is 0 Å². The Morgan fingerprint density at radius 2 is 2.08 bits per heavy atom. The van der Waals surface area contributed by atoms with Gasteiger partial charge < -0.3 is 10.6 Å². The van der Waals surface area contributed by atoms with Gasteiger partial charge in [-0.1, -0.05) is 23.7 Å². The molecule has 1 fully saturated rings. The molecule has 0 amide bonds. The van der Waals surface area contributed by atoms with Crippen molar-refractivity contribution in [3.63, 3.8) is 0 Å². The Bertz CT molecular complexity index is 571. The minimum absolute atomic E-state index is 0. The predicted molar refractivity (Wildman–Crippen MR) is 119 cm³/mol. The molecule has 2 atom stereocenters. The molecule has 0 aromatic heterocycles. The number of halogens is 2. The quantitative estimate of drug-likeness (QED) is 0.386. The Morgan fingerprint density at radius 1 is 1.36 bits per heavy atom. The monoisotopic (exact) mass is 478 g/mol. The van der Waals surface area contributed by atoms with Gasteiger partial charge in [-0.15, -0.1) is 24.0 Å². The van der Waals surface area contributed by atoms with Crippen LogP contribution in [0.2, 0.25) is 5.02 Å². The van der Waals surface area contributed by atoms with Gasteiger partial charge in [0.2, 0.25) is 0 Å². The minimum atomic E-state index is -0.00242. The smallest absolute Gasteiger partial charge is 0.191 e. The second kappa shape index (κ2) is 9.97. The summed E-state index contributed by atoms with van der Waals surface area (Å²) in [7, 11) is 4.03. The molecule has 2 rings (SSSR count). The van der Waals surface area contributed by atoms with Crippen LogP contribution in [0.25, 0.3) is 0 Å². The highest BCUT2D eigenvalue weighted by Crippen LogP contribution is 2.35. The lowest BCUT2D eigenvalue weighted by molar-refractivity contribution is 0.122. The molecule has 2 unspecified atom stereocenters. The fraction of sp³-hybridized carbons (Fsp3) is 0.632. The molecular weight excluding hydrogens is 447 g/mol. The number of rotatable bonds is 3. The summed E-state index contributed by atoms with van der Waals surface area (Å²) in [6.45, 7) is 8.45. The van der Waals surface area contributed by atoms with Crippen LogP contribution in [0.15, 0.2) is 29.3 Å². The fourth-order valence-corrected chi connectivity index (χ4v) is 3.65. The van der Waals surface area contributed by atoms with E-state index in [-0.39, 0.29) is 29.5 Å². The molecule has 0 bridgehead atoms. The molecule has 1 heterocycles. The predicted octanol–water partition coefficient (Wildman–Crippen LogP) is 4.30. The van der Waals surface area contributed by atoms with Crippen molar-refractivity contribution in [3.8, 4) is 0 Å². The Hall–Kier alpha value is -0.530. The molecule has 142 valence electrons. The van der Waals surface area contributed by atoms with Crippen LogP contribution in [-0.2, 0) is 0 Å². The number of nitrogens with zero attached hydrogens (tertiary/aromatic N) is 2. The summed E-state index contributed by atoms with van der Waals surface area (Å²) in [6.07, 6.45) is 2.44. The van der Waals surface area contributed by atoms with Crippen molar-refractivity contribution in [2.45, 2.75) is 45.2 Å². The maximum atomic E-state index is 6.22. The van der Waals surface area contributed by atoms with E-state index in [1.807, 2.05) is 19.2 Å². The molecule has 2 N–H and O–H groups in total. The average Bonchev–Trinajstić information content (AvgIpc) is 2.50. The van der Waals surface area contributed by atoms with Crippen molar-refractivity contribution in [2.75, 3.05) is 27.2 Å². The number of nitrogens with one attached hydrogen (secondary N) is 2. The van der Waals surface area contributed by atoms with Crippen molar-refractivity contribution in [1.82, 2.24) is 15.5 Å². The fourth-order valence-electron chi connectivity index (χ4n) is 3.45. The number of likely N-dealkylation sites (tertiary alicyclic amines) is 1. The summed E-state index contributed by atoms with van der Waals surface area (Å²) < 4.78 is 0. The maximum absolute atomic E-state index is 6.22. The van der Waals surface area contributed by atoms with Gasteiger partial charge in [-0.25, -0.2) is 0 Å². The van der Waals surface area contributed by atoms with Crippen LogP contribution in [0, 0.1) is 5.92 Å². The molecule has 0 saturated carbocycles. The van der Waals surface area contributed by atoms with Gasteiger partial charge in [0, 0.05) is 30.2 Å². The first-order valence-electron chi connectivity index (χ1n) is 8.74. The van der Waals surface area contributed by atoms with Crippen LogP contribution in [0.1, 0.15) is 45.2 Å². The molecule has 0 spiro atoms. The molecule has 1 aromatic carbocycles. The highest BCUT2D eigenvalue weighted by atomic mass is 127. The van der Waals surface area contributed by atoms with E-state index in [4.69, 9.17) is 11.6 Å². The summed E-state index contributed by atoms with van der Waals surface area (Å²) in [5.41, 5.74) is 1.30. The highest BCUT2D eigenvalue weighted by molar-refractivity contribution is 14.0. The standard InChI is InChI=1S/C19H31ClN4.HI/c1-19(2,3)23-18(21-4)22-13-15-9-7-11-24(5)17(15)14-8-6-10-16(20)12-14;/h6,8,10,12,15,17H,7,9,11,13H2,1-5H3,(H2,21,22,23);1H. The van der Waals surface area contributed by atoms with Crippen LogP contribution in [0.5, 0.6) is 0 Å². The Labute approximate surface area is 174 Å². The van der Waals surface area contributed by atoms with Gasteiger partial charge in [-0.2, -0.15) is 0 Å². The van der Waals surface area contributed by atoms with Gasteiger partial charge >= 0.3 is 0 Å². The van der Waals surface area contributed by atoms with Gasteiger partial charge in [-0.3, -0.25) is 9.89 Å². The van der Waals surface area contributed by atoms with Crippen LogP contribution >= 0.6 is 35.6 Å². The molecule has 1 saturated heterocycles. The number of hydrogen-bond donors (Lipinski definition) is 2. The van der Waals surface area contributed by atoms with E-state index in [9.17, 15) is 0 Å². The number of piperidine rings is 1. The van der Waals surface area contributed by atoms with E-state index in [1.54, 1.807) is 0 Å². The third-order valence-electron chi connectivity index (χ3n) is 4.45. The number of hydrogen-bond acceptors (Lipinski definition) is 2. The Morgan fingerprint density at radius 3 is 2.68 bits per heavy atom. The number of aliphatic imine (C=N–C) groups is 1. The number of benzene rings is 1. The summed E-state index contributed by atoms with van der Waals surface area (Å²) in [4.78, 5) is 6.79. The highest BCUT2D eigenvalue weighted by Gasteiger charge is 2.30. The second-order valence-corrected chi connectivity index (χ2v) is 8.15. The van der Waals surface area contributed by atoms with Crippen LogP contribution in [-0.4, -0.2) is 43.6 Å². The van der Waals surface area contributed by atoms with E-state index >= 15 is 0 Å². The first-order chi connectivity index (χ1) is 11.3. The topological polar surface area (TPSA) is 39.7 Å². The van der Waals surface area contributed by atoms with Crippen molar-refractivity contribution >= 4 is 41.5 Å². The Kier molecular flexibility index (Phi) is 8.98. The molecule has 0 radical (unpaired) electrons. The zero-order valence-electron chi connectivity index (χ0n) is 16.0. The molecular formula is C19H32ClIN4. The van der Waals surface area contributed by atoms with Crippen LogP contribution < -0.4 is 10.6 Å². The van der Waals surface area contributed by atoms with Crippen molar-refractivity contribution < 1.29 is 0 Å². The zero-order chi connectivity index (χ0) is 17.7. The lowest BCUT2D eigenvalue weighted by atomic mass is 9.85. The maximum Gasteiger partial charge on any atom is 0.191 e. The average molecular weight is 479 g/mol. The van der Waals surface area contributed by atoms with E-state index < -0.39 is 0 Å². The van der Waals surface area contributed by atoms with Crippen molar-refractivity contribution in [3.05, 3.63) is 34.9 Å². The first kappa shape index (κ1) is 22.5. The lowest BCUT2D eigenvalue weighted by Crippen LogP contribution is -2.50. The molecule has 1 aromatic rings. The third kappa shape index (κ3) is 6.94. The van der Waals surface area contributed by atoms with Gasteiger partial charge in [0.05, 0.1) is 0 Å². The normalized spacial score (nSPS) is 22.2. The summed E-state index contributed by atoms with van der Waals surface area (Å²) in [5, 5.41) is 7.74. The largest absolute Gasteiger partial charge is 0.356 e. The first-order valence-corrected chi connectivity index (χ1v) is 9.12. The van der Waals surface area contributed by atoms with Gasteiger partial charge in [0.1, 0.15) is 0 Å². The summed E-state index contributed by atoms with van der Waals surface area (Å²) >= 11 is 6.22. The van der Waals surface area contributed by atoms with Crippen LogP contribution in [0.3, 0.4) is 0 Å². The minimum Gasteiger partial charge on any atom is -0.356 e. The van der Waals surface area contributed by atoms with Crippen molar-refractivity contribution in [2.24, 2.45) is 10.9 Å². The Balaban J connectivity index is 0.00000312. The lowest BCUT2D eigenvalue weighted by Gasteiger charge is -2.40. The molecule has 1 aliphatic rings. The molecule has 0 aliphatic carbocycles. The van der Waals surface area contributed by atoms with Gasteiger partial charge in [-0.05, 0) is 70.8 Å². The van der Waals surface area contributed by atoms with E-state index in [1.165, 1.54) is 18.4 Å². The second-order valence-electron chi connectivity index (χ2n) is 7.71. The number of guanidine groups is 1. The molecule has 1 aliphatic heterocycles. The van der Waals surface area contributed by atoms with E-state index in [0.29, 0.717) is 12.0 Å². The summed E-state index contributed by atoms with van der Waals surface area (Å²) in [5.74, 6) is 1.39. The van der Waals surface area contributed by atoms with Gasteiger partial charge in [0.15, 0.2) is 5.96 Å². The van der Waals surface area contributed by atoms with Crippen molar-refractivity contribution in [1.29, 1.82) is 0 Å². The third-order valence-corrected chi connectivity index (χ3v) is 4.68.